The number of hydrogen-bond donors (Lipinski definition) is 1. The summed E-state index contributed by atoms with van der Waals surface area (Å²) in [6.45, 7) is 5.83. The molecule has 152 valence electrons. The number of anilines is 1. The molecule has 2 aliphatic heterocycles. The van der Waals surface area contributed by atoms with Gasteiger partial charge in [0.1, 0.15) is 11.9 Å². The first-order valence-corrected chi connectivity index (χ1v) is 10.7. The van der Waals surface area contributed by atoms with Crippen LogP contribution in [-0.4, -0.2) is 48.6 Å². The first-order valence-electron chi connectivity index (χ1n) is 10.7. The zero-order valence-electron chi connectivity index (χ0n) is 16.9. The molecule has 0 aromatic heterocycles. The lowest BCUT2D eigenvalue weighted by molar-refractivity contribution is -0.126. The van der Waals surface area contributed by atoms with E-state index in [2.05, 4.69) is 5.32 Å². The average molecular weight is 386 g/mol. The molecule has 0 radical (unpaired) electrons. The molecule has 0 bridgehead atoms. The molecule has 2 fully saturated rings. The lowest BCUT2D eigenvalue weighted by atomic mass is 9.95. The van der Waals surface area contributed by atoms with Crippen LogP contribution in [0.4, 0.5) is 10.5 Å². The Hall–Kier alpha value is -2.24. The van der Waals surface area contributed by atoms with E-state index in [-0.39, 0.29) is 24.0 Å². The van der Waals surface area contributed by atoms with Crippen molar-refractivity contribution in [1.82, 2.24) is 10.2 Å². The van der Waals surface area contributed by atoms with E-state index in [9.17, 15) is 9.59 Å². The van der Waals surface area contributed by atoms with E-state index in [1.807, 2.05) is 41.8 Å². The van der Waals surface area contributed by atoms with Crippen molar-refractivity contribution in [3.63, 3.8) is 0 Å². The summed E-state index contributed by atoms with van der Waals surface area (Å²) in [5, 5.41) is 3.21. The van der Waals surface area contributed by atoms with Crippen molar-refractivity contribution in [3.8, 4) is 5.75 Å². The Morgan fingerprint density at radius 1 is 1.11 bits per heavy atom. The van der Waals surface area contributed by atoms with Gasteiger partial charge >= 0.3 is 6.03 Å². The summed E-state index contributed by atoms with van der Waals surface area (Å²) >= 11 is 0. The fourth-order valence-electron chi connectivity index (χ4n) is 4.62. The number of ether oxygens (including phenoxy) is 1. The molecule has 1 N–H and O–H groups in total. The second-order valence-corrected chi connectivity index (χ2v) is 8.54. The summed E-state index contributed by atoms with van der Waals surface area (Å²) in [5.74, 6) is 0.978. The zero-order chi connectivity index (χ0) is 19.7. The van der Waals surface area contributed by atoms with Crippen LogP contribution in [0.25, 0.3) is 0 Å². The van der Waals surface area contributed by atoms with Gasteiger partial charge in [0.25, 0.3) is 0 Å². The molecule has 1 saturated carbocycles. The SMILES string of the molecule is Cc1ccc2c(c1)N(C(=O)N1CCC(C(=O)NC3CCCC3)CC1)C[C@H](C)O2. The van der Waals surface area contributed by atoms with Gasteiger partial charge in [-0.15, -0.1) is 0 Å². The molecule has 3 amide bonds. The molecule has 0 spiro atoms. The molecule has 28 heavy (non-hydrogen) atoms. The van der Waals surface area contributed by atoms with E-state index in [0.29, 0.717) is 25.7 Å². The number of likely N-dealkylation sites (tertiary alicyclic amines) is 1. The van der Waals surface area contributed by atoms with Crippen molar-refractivity contribution in [2.75, 3.05) is 24.5 Å². The van der Waals surface area contributed by atoms with Gasteiger partial charge in [0.2, 0.25) is 5.91 Å². The monoisotopic (exact) mass is 385 g/mol. The lowest BCUT2D eigenvalue weighted by Crippen LogP contribution is -2.52. The number of piperidine rings is 1. The van der Waals surface area contributed by atoms with Gasteiger partial charge in [-0.1, -0.05) is 18.9 Å². The Labute approximate surface area is 167 Å². The van der Waals surface area contributed by atoms with E-state index >= 15 is 0 Å². The fourth-order valence-corrected chi connectivity index (χ4v) is 4.62. The van der Waals surface area contributed by atoms with Crippen LogP contribution in [0.2, 0.25) is 0 Å². The second-order valence-electron chi connectivity index (χ2n) is 8.54. The minimum atomic E-state index is -0.0334. The molecular weight excluding hydrogens is 354 g/mol. The van der Waals surface area contributed by atoms with Crippen LogP contribution in [0.15, 0.2) is 18.2 Å². The topological polar surface area (TPSA) is 61.9 Å². The molecule has 0 unspecified atom stereocenters. The minimum Gasteiger partial charge on any atom is -0.487 e. The van der Waals surface area contributed by atoms with Gasteiger partial charge in [-0.3, -0.25) is 9.69 Å². The number of aryl methyl sites for hydroxylation is 1. The third kappa shape index (κ3) is 3.96. The molecule has 1 saturated heterocycles. The summed E-state index contributed by atoms with van der Waals surface area (Å²) in [6.07, 6.45) is 6.10. The number of nitrogens with zero attached hydrogens (tertiary/aromatic N) is 2. The normalized spacial score (nSPS) is 23.3. The van der Waals surface area contributed by atoms with E-state index in [1.165, 1.54) is 12.8 Å². The Bertz CT molecular complexity index is 737. The maximum Gasteiger partial charge on any atom is 0.324 e. The van der Waals surface area contributed by atoms with Gasteiger partial charge in [0.05, 0.1) is 12.2 Å². The number of fused-ring (bicyclic) bond motifs is 1. The average Bonchev–Trinajstić information content (AvgIpc) is 3.20. The second kappa shape index (κ2) is 8.02. The molecule has 1 atom stereocenters. The van der Waals surface area contributed by atoms with Crippen LogP contribution in [0.5, 0.6) is 5.75 Å². The van der Waals surface area contributed by atoms with Crippen molar-refractivity contribution >= 4 is 17.6 Å². The van der Waals surface area contributed by atoms with Gasteiger partial charge in [0.15, 0.2) is 0 Å². The number of carbonyl (C=O) groups is 2. The van der Waals surface area contributed by atoms with Crippen LogP contribution in [-0.2, 0) is 4.79 Å². The molecule has 1 aromatic carbocycles. The van der Waals surface area contributed by atoms with Crippen LogP contribution in [0, 0.1) is 12.8 Å². The lowest BCUT2D eigenvalue weighted by Gasteiger charge is -2.39. The number of amides is 3. The Morgan fingerprint density at radius 2 is 1.82 bits per heavy atom. The number of nitrogens with one attached hydrogen (secondary N) is 1. The summed E-state index contributed by atoms with van der Waals surface area (Å²) in [4.78, 5) is 29.5. The van der Waals surface area contributed by atoms with E-state index in [1.54, 1.807) is 0 Å². The Kier molecular flexibility index (Phi) is 5.47. The van der Waals surface area contributed by atoms with Gasteiger partial charge in [-0.05, 0) is 57.2 Å². The standard InChI is InChI=1S/C22H31N3O3/c1-15-7-8-20-19(13-15)25(14-16(2)28-20)22(27)24-11-9-17(10-12-24)21(26)23-18-5-3-4-6-18/h7-8,13,16-18H,3-6,9-12,14H2,1-2H3,(H,23,26)/t16-/m0/s1. The summed E-state index contributed by atoms with van der Waals surface area (Å²) in [5.41, 5.74) is 1.96. The molecule has 4 rings (SSSR count). The Morgan fingerprint density at radius 3 is 2.54 bits per heavy atom. The molecule has 6 nitrogen and oxygen atoms in total. The molecular formula is C22H31N3O3. The molecule has 6 heteroatoms. The van der Waals surface area contributed by atoms with E-state index in [4.69, 9.17) is 4.74 Å². The summed E-state index contributed by atoms with van der Waals surface area (Å²) in [6, 6.07) is 6.35. The number of benzene rings is 1. The molecule has 2 heterocycles. The van der Waals surface area contributed by atoms with Crippen LogP contribution >= 0.6 is 0 Å². The van der Waals surface area contributed by atoms with Crippen molar-refractivity contribution in [3.05, 3.63) is 23.8 Å². The van der Waals surface area contributed by atoms with Crippen molar-refractivity contribution in [2.45, 2.75) is 64.5 Å². The first-order chi connectivity index (χ1) is 13.5. The highest BCUT2D eigenvalue weighted by Crippen LogP contribution is 2.35. The molecule has 1 aliphatic carbocycles. The highest BCUT2D eigenvalue weighted by Gasteiger charge is 2.34. The van der Waals surface area contributed by atoms with E-state index < -0.39 is 0 Å². The third-order valence-electron chi connectivity index (χ3n) is 6.24. The fraction of sp³-hybridized carbons (Fsp3) is 0.636. The molecule has 1 aromatic rings. The Balaban J connectivity index is 1.38. The van der Waals surface area contributed by atoms with Crippen molar-refractivity contribution in [1.29, 1.82) is 0 Å². The smallest absolute Gasteiger partial charge is 0.324 e. The number of hydrogen-bond acceptors (Lipinski definition) is 3. The molecule has 3 aliphatic rings. The predicted octanol–water partition coefficient (Wildman–Crippen LogP) is 3.47. The van der Waals surface area contributed by atoms with E-state index in [0.717, 1.165) is 42.7 Å². The minimum absolute atomic E-state index is 0.0247. The zero-order valence-corrected chi connectivity index (χ0v) is 16.9. The van der Waals surface area contributed by atoms with Crippen molar-refractivity contribution in [2.24, 2.45) is 5.92 Å². The van der Waals surface area contributed by atoms with Crippen LogP contribution in [0.3, 0.4) is 0 Å². The van der Waals surface area contributed by atoms with Gasteiger partial charge < -0.3 is 15.0 Å². The first kappa shape index (κ1) is 19.1. The highest BCUT2D eigenvalue weighted by atomic mass is 16.5. The largest absolute Gasteiger partial charge is 0.487 e. The van der Waals surface area contributed by atoms with Gasteiger partial charge in [0, 0.05) is 25.0 Å². The maximum absolute atomic E-state index is 13.2. The number of rotatable bonds is 2. The maximum atomic E-state index is 13.2. The highest BCUT2D eigenvalue weighted by molar-refractivity contribution is 5.94. The number of urea groups is 1. The van der Waals surface area contributed by atoms with Crippen molar-refractivity contribution < 1.29 is 14.3 Å². The van der Waals surface area contributed by atoms with Gasteiger partial charge in [-0.25, -0.2) is 4.79 Å². The third-order valence-corrected chi connectivity index (χ3v) is 6.24. The summed E-state index contributed by atoms with van der Waals surface area (Å²) in [7, 11) is 0. The van der Waals surface area contributed by atoms with Gasteiger partial charge in [-0.2, -0.15) is 0 Å². The van der Waals surface area contributed by atoms with Crippen LogP contribution < -0.4 is 15.0 Å². The predicted molar refractivity (Wildman–Crippen MR) is 109 cm³/mol. The van der Waals surface area contributed by atoms with Crippen LogP contribution in [0.1, 0.15) is 51.0 Å². The quantitative estimate of drug-likeness (QED) is 0.848. The summed E-state index contributed by atoms with van der Waals surface area (Å²) < 4.78 is 5.90. The number of carbonyl (C=O) groups excluding carboxylic acids is 2.